The molecule has 254 valence electrons. The lowest BCUT2D eigenvalue weighted by molar-refractivity contribution is 0.0592. The summed E-state index contributed by atoms with van der Waals surface area (Å²) < 4.78 is 10.6. The molecule has 0 fully saturated rings. The van der Waals surface area contributed by atoms with Gasteiger partial charge in [-0.15, -0.1) is 0 Å². The first-order valence-corrected chi connectivity index (χ1v) is 15.7. The van der Waals surface area contributed by atoms with Crippen molar-refractivity contribution in [2.45, 2.75) is 0 Å². The number of rotatable bonds is 5. The summed E-state index contributed by atoms with van der Waals surface area (Å²) in [6.45, 7) is 0. The SMILES string of the molecule is COC(=O)c1ccc(-c2ccccc2)c(N)c1.COC(=O)c1ccc(Br)c(N)c1.Nc1cc(C(=O)O)ccc1Br.OB(O)c1ccccc1. The number of aromatic carboxylic acids is 1. The predicted molar refractivity (Wildman–Crippen MR) is 199 cm³/mol. The van der Waals surface area contributed by atoms with Crippen LogP contribution in [0.1, 0.15) is 31.1 Å². The van der Waals surface area contributed by atoms with Crippen LogP contribution in [-0.4, -0.2) is 54.4 Å². The van der Waals surface area contributed by atoms with Crippen molar-refractivity contribution >= 4 is 79.4 Å². The number of methoxy groups -OCH3 is 2. The smallest absolute Gasteiger partial charge is 0.478 e. The molecule has 5 aromatic carbocycles. The number of halogens is 2. The number of hydrogen-bond donors (Lipinski definition) is 6. The van der Waals surface area contributed by atoms with Crippen LogP contribution in [0.4, 0.5) is 17.1 Å². The Hall–Kier alpha value is -5.15. The number of nitrogen functional groups attached to an aromatic ring is 3. The fourth-order valence-electron chi connectivity index (χ4n) is 3.78. The second-order valence-electron chi connectivity index (χ2n) is 9.71. The van der Waals surface area contributed by atoms with E-state index in [1.807, 2.05) is 42.5 Å². The zero-order chi connectivity index (χ0) is 36.5. The zero-order valence-corrected chi connectivity index (χ0v) is 29.6. The highest BCUT2D eigenvalue weighted by Gasteiger charge is 2.10. The molecule has 0 atom stereocenters. The highest BCUT2D eigenvalue weighted by molar-refractivity contribution is 9.11. The molecular formula is C35H34BBr2N3O8. The summed E-state index contributed by atoms with van der Waals surface area (Å²) in [5, 5.41) is 25.7. The molecule has 0 saturated heterocycles. The van der Waals surface area contributed by atoms with Gasteiger partial charge in [0.2, 0.25) is 0 Å². The van der Waals surface area contributed by atoms with Gasteiger partial charge in [-0.05, 0) is 91.4 Å². The highest BCUT2D eigenvalue weighted by Crippen LogP contribution is 2.26. The van der Waals surface area contributed by atoms with Crippen LogP contribution in [0.25, 0.3) is 11.1 Å². The van der Waals surface area contributed by atoms with Gasteiger partial charge in [-0.3, -0.25) is 0 Å². The van der Waals surface area contributed by atoms with Crippen LogP contribution in [0.15, 0.2) is 124 Å². The van der Waals surface area contributed by atoms with Gasteiger partial charge in [0.05, 0.1) is 30.9 Å². The van der Waals surface area contributed by atoms with Crippen LogP contribution in [0.2, 0.25) is 0 Å². The molecule has 0 aliphatic carbocycles. The summed E-state index contributed by atoms with van der Waals surface area (Å²) >= 11 is 6.38. The van der Waals surface area contributed by atoms with E-state index >= 15 is 0 Å². The number of ether oxygens (including phenoxy) is 2. The van der Waals surface area contributed by atoms with E-state index in [1.165, 1.54) is 26.4 Å². The van der Waals surface area contributed by atoms with Crippen molar-refractivity contribution in [2.24, 2.45) is 0 Å². The fraction of sp³-hybridized carbons (Fsp3) is 0.0571. The van der Waals surface area contributed by atoms with Crippen molar-refractivity contribution in [1.29, 1.82) is 0 Å². The average Bonchev–Trinajstić information content (AvgIpc) is 3.11. The number of benzene rings is 5. The topological polar surface area (TPSA) is 208 Å². The molecule has 0 bridgehead atoms. The Morgan fingerprint density at radius 2 is 1.00 bits per heavy atom. The Balaban J connectivity index is 0.000000234. The molecule has 0 spiro atoms. The average molecular weight is 795 g/mol. The van der Waals surface area contributed by atoms with Gasteiger partial charge in [-0.25, -0.2) is 14.4 Å². The molecule has 49 heavy (non-hydrogen) atoms. The maximum Gasteiger partial charge on any atom is 0.488 e. The Morgan fingerprint density at radius 3 is 1.39 bits per heavy atom. The second-order valence-corrected chi connectivity index (χ2v) is 11.4. The number of hydrogen-bond acceptors (Lipinski definition) is 10. The van der Waals surface area contributed by atoms with Crippen LogP contribution in [0.3, 0.4) is 0 Å². The summed E-state index contributed by atoms with van der Waals surface area (Å²) in [5.41, 5.74) is 22.1. The third kappa shape index (κ3) is 13.1. The number of anilines is 3. The van der Waals surface area contributed by atoms with Crippen molar-refractivity contribution in [3.8, 4) is 11.1 Å². The zero-order valence-electron chi connectivity index (χ0n) is 26.4. The van der Waals surface area contributed by atoms with Crippen LogP contribution < -0.4 is 22.7 Å². The molecule has 0 radical (unpaired) electrons. The highest BCUT2D eigenvalue weighted by atomic mass is 79.9. The Morgan fingerprint density at radius 1 is 0.592 bits per heavy atom. The Labute approximate surface area is 300 Å². The second kappa shape index (κ2) is 20.3. The largest absolute Gasteiger partial charge is 0.488 e. The Kier molecular flexibility index (Phi) is 16.6. The molecule has 0 heterocycles. The van der Waals surface area contributed by atoms with E-state index in [1.54, 1.807) is 60.7 Å². The van der Waals surface area contributed by atoms with Gasteiger partial charge in [-0.1, -0.05) is 66.7 Å². The molecule has 0 aromatic heterocycles. The maximum atomic E-state index is 11.3. The minimum atomic E-state index is -1.34. The number of carboxylic acids is 1. The molecular weight excluding hydrogens is 761 g/mol. The molecule has 0 unspecified atom stereocenters. The van der Waals surface area contributed by atoms with Crippen LogP contribution in [0, 0.1) is 0 Å². The molecule has 9 N–H and O–H groups in total. The minimum absolute atomic E-state index is 0.200. The van der Waals surface area contributed by atoms with Crippen LogP contribution >= 0.6 is 31.9 Å². The van der Waals surface area contributed by atoms with Gasteiger partial charge >= 0.3 is 25.0 Å². The summed E-state index contributed by atoms with van der Waals surface area (Å²) in [4.78, 5) is 32.7. The molecule has 5 aromatic rings. The van der Waals surface area contributed by atoms with Gasteiger partial charge in [-0.2, -0.15) is 0 Å². The van der Waals surface area contributed by atoms with Crippen molar-refractivity contribution in [3.05, 3.63) is 141 Å². The molecule has 0 amide bonds. The molecule has 0 aliphatic heterocycles. The van der Waals surface area contributed by atoms with E-state index < -0.39 is 13.1 Å². The van der Waals surface area contributed by atoms with Crippen molar-refractivity contribution in [3.63, 3.8) is 0 Å². The standard InChI is InChI=1S/C14H13NO2.C8H8BrNO2.C7H6BrNO2.C6H7BO2/c1-17-14(16)11-7-8-12(13(15)9-11)10-5-3-2-4-6-10;1-12-8(11)5-2-3-6(9)7(10)4-5;8-5-2-1-4(7(10)11)3-6(5)9;8-7(9)6-4-2-1-3-5-6/h2-9H,15H2,1H3;2-4H,10H2,1H3;1-3H,9H2,(H,10,11);1-5,8-9H. The van der Waals surface area contributed by atoms with E-state index in [0.29, 0.717) is 38.1 Å². The number of nitrogens with two attached hydrogens (primary N) is 3. The van der Waals surface area contributed by atoms with Gasteiger partial charge in [0.15, 0.2) is 0 Å². The fourth-order valence-corrected chi connectivity index (χ4v) is 4.27. The van der Waals surface area contributed by atoms with Crippen molar-refractivity contribution in [2.75, 3.05) is 31.4 Å². The summed E-state index contributed by atoms with van der Waals surface area (Å²) in [5.74, 6) is -1.73. The number of carbonyl (C=O) groups is 3. The maximum absolute atomic E-state index is 11.3. The first-order chi connectivity index (χ1) is 23.3. The molecule has 11 nitrogen and oxygen atoms in total. The third-order valence-electron chi connectivity index (χ3n) is 6.32. The van der Waals surface area contributed by atoms with Gasteiger partial charge < -0.3 is 41.8 Å². The first kappa shape index (κ1) is 40.0. The normalized spacial score (nSPS) is 9.59. The molecule has 0 aliphatic rings. The molecule has 5 rings (SSSR count). The van der Waals surface area contributed by atoms with Gasteiger partial charge in [0.1, 0.15) is 0 Å². The monoisotopic (exact) mass is 793 g/mol. The molecule has 14 heteroatoms. The van der Waals surface area contributed by atoms with Crippen LogP contribution in [0.5, 0.6) is 0 Å². The van der Waals surface area contributed by atoms with E-state index in [0.717, 1.165) is 15.6 Å². The third-order valence-corrected chi connectivity index (χ3v) is 7.76. The number of esters is 2. The first-order valence-electron chi connectivity index (χ1n) is 14.1. The summed E-state index contributed by atoms with van der Waals surface area (Å²) in [6.07, 6.45) is 0. The van der Waals surface area contributed by atoms with E-state index in [2.05, 4.69) is 41.3 Å². The number of carbonyl (C=O) groups excluding carboxylic acids is 2. The quantitative estimate of drug-likeness (QED) is 0.0729. The lowest BCUT2D eigenvalue weighted by Gasteiger charge is -2.07. The Bertz CT molecular complexity index is 1850. The lowest BCUT2D eigenvalue weighted by atomic mass is 9.81. The number of carboxylic acid groups (broad SMARTS) is 1. The van der Waals surface area contributed by atoms with Gasteiger partial charge in [0.25, 0.3) is 0 Å². The summed E-state index contributed by atoms with van der Waals surface area (Å²) in [6, 6.07) is 33.1. The lowest BCUT2D eigenvalue weighted by Crippen LogP contribution is -2.29. The van der Waals surface area contributed by atoms with Crippen molar-refractivity contribution in [1.82, 2.24) is 0 Å². The minimum Gasteiger partial charge on any atom is -0.478 e. The predicted octanol–water partition coefficient (Wildman–Crippen LogP) is 5.64. The molecule has 0 saturated carbocycles. The van der Waals surface area contributed by atoms with E-state index in [4.69, 9.17) is 32.4 Å². The van der Waals surface area contributed by atoms with E-state index in [-0.39, 0.29) is 17.5 Å². The van der Waals surface area contributed by atoms with Gasteiger partial charge in [0, 0.05) is 31.6 Å². The van der Waals surface area contributed by atoms with Crippen LogP contribution in [-0.2, 0) is 9.47 Å². The van der Waals surface area contributed by atoms with Crippen molar-refractivity contribution < 1.29 is 39.0 Å². The summed E-state index contributed by atoms with van der Waals surface area (Å²) in [7, 11) is 1.34. The van der Waals surface area contributed by atoms with E-state index in [9.17, 15) is 14.4 Å².